The highest BCUT2D eigenvalue weighted by Gasteiger charge is 2.15. The summed E-state index contributed by atoms with van der Waals surface area (Å²) in [5.74, 6) is -0.347. The molecule has 0 saturated carbocycles. The smallest absolute Gasteiger partial charge is 0.343 e. The van der Waals surface area contributed by atoms with Gasteiger partial charge in [-0.1, -0.05) is 17.7 Å². The lowest BCUT2D eigenvalue weighted by Gasteiger charge is -2.02. The Kier molecular flexibility index (Phi) is 5.38. The summed E-state index contributed by atoms with van der Waals surface area (Å²) < 4.78 is 2.07. The summed E-state index contributed by atoms with van der Waals surface area (Å²) in [7, 11) is 0. The van der Waals surface area contributed by atoms with Crippen molar-refractivity contribution in [3.05, 3.63) is 29.0 Å². The number of carbonyl (C=O) groups is 1. The Morgan fingerprint density at radius 3 is 2.78 bits per heavy atom. The zero-order valence-electron chi connectivity index (χ0n) is 10.0. The van der Waals surface area contributed by atoms with Crippen molar-refractivity contribution in [1.82, 2.24) is 10.3 Å². The van der Waals surface area contributed by atoms with E-state index in [1.165, 1.54) is 0 Å². The van der Waals surface area contributed by atoms with E-state index in [1.54, 1.807) is 12.3 Å². The second-order valence-electron chi connectivity index (χ2n) is 3.71. The van der Waals surface area contributed by atoms with Gasteiger partial charge in [0.05, 0.1) is 19.6 Å². The molecule has 0 spiro atoms. The molecule has 0 bridgehead atoms. The van der Waals surface area contributed by atoms with Gasteiger partial charge in [0, 0.05) is 17.7 Å². The molecule has 0 atom stereocenters. The Balaban J connectivity index is 0.000000357. The highest BCUT2D eigenvalue weighted by molar-refractivity contribution is 6.29. The first-order valence-corrected chi connectivity index (χ1v) is 5.76. The third-order valence-electron chi connectivity index (χ3n) is 2.19. The van der Waals surface area contributed by atoms with Gasteiger partial charge in [-0.3, -0.25) is 15.6 Å². The number of nitrogens with one attached hydrogen (secondary N) is 1. The van der Waals surface area contributed by atoms with E-state index in [0.29, 0.717) is 5.15 Å². The van der Waals surface area contributed by atoms with Crippen LogP contribution >= 0.6 is 11.6 Å². The number of aromatic nitrogens is 1. The second kappa shape index (κ2) is 6.80. The van der Waals surface area contributed by atoms with Gasteiger partial charge in [-0.15, -0.1) is 0 Å². The summed E-state index contributed by atoms with van der Waals surface area (Å²) in [4.78, 5) is 12.9. The van der Waals surface area contributed by atoms with E-state index in [2.05, 4.69) is 14.9 Å². The van der Waals surface area contributed by atoms with Crippen molar-refractivity contribution in [1.29, 1.82) is 0 Å². The number of aliphatic carboxylic acids is 1. The molecule has 0 saturated heterocycles. The number of pyridine rings is 1. The molecule has 0 unspecified atom stereocenters. The molecule has 3 N–H and O–H groups in total. The Hall–Kier alpha value is -1.82. The van der Waals surface area contributed by atoms with Crippen LogP contribution < -0.4 is 16.2 Å². The average Bonchev–Trinajstić information content (AvgIpc) is 2.67. The van der Waals surface area contributed by atoms with E-state index in [4.69, 9.17) is 27.2 Å². The SMILES string of the molecule is CC(=O)[O-].NC1=[N+](Cc2ccc(Cl)nc2)CCN1. The fraction of sp³-hybridized carbons (Fsp3) is 0.364. The first-order valence-electron chi connectivity index (χ1n) is 5.38. The Morgan fingerprint density at radius 2 is 2.33 bits per heavy atom. The predicted octanol–water partition coefficient (Wildman–Crippen LogP) is -1.08. The highest BCUT2D eigenvalue weighted by Crippen LogP contribution is 2.06. The van der Waals surface area contributed by atoms with E-state index >= 15 is 0 Å². The van der Waals surface area contributed by atoms with Gasteiger partial charge >= 0.3 is 5.96 Å². The summed E-state index contributed by atoms with van der Waals surface area (Å²) in [5.41, 5.74) is 6.85. The zero-order chi connectivity index (χ0) is 13.5. The Labute approximate surface area is 110 Å². The van der Waals surface area contributed by atoms with Crippen LogP contribution in [0.15, 0.2) is 18.3 Å². The van der Waals surface area contributed by atoms with E-state index in [-0.39, 0.29) is 0 Å². The van der Waals surface area contributed by atoms with Crippen LogP contribution in [0.3, 0.4) is 0 Å². The van der Waals surface area contributed by atoms with Crippen molar-refractivity contribution in [3.8, 4) is 0 Å². The lowest BCUT2D eigenvalue weighted by Crippen LogP contribution is -2.31. The van der Waals surface area contributed by atoms with Crippen LogP contribution in [0.1, 0.15) is 12.5 Å². The Morgan fingerprint density at radius 1 is 1.67 bits per heavy atom. The van der Waals surface area contributed by atoms with Gasteiger partial charge in [-0.05, 0) is 13.0 Å². The summed E-state index contributed by atoms with van der Waals surface area (Å²) in [5, 5.41) is 12.5. The summed E-state index contributed by atoms with van der Waals surface area (Å²) in [6, 6.07) is 3.75. The molecule has 7 heteroatoms. The number of nitrogens with zero attached hydrogens (tertiary/aromatic N) is 2. The number of carbonyl (C=O) groups excluding carboxylic acids is 1. The lowest BCUT2D eigenvalue weighted by atomic mass is 10.3. The minimum absolute atomic E-state index is 0.519. The summed E-state index contributed by atoms with van der Waals surface area (Å²) in [6.07, 6.45) is 1.77. The second-order valence-corrected chi connectivity index (χ2v) is 4.10. The fourth-order valence-electron chi connectivity index (χ4n) is 1.44. The van der Waals surface area contributed by atoms with Crippen molar-refractivity contribution < 1.29 is 14.5 Å². The molecule has 6 nitrogen and oxygen atoms in total. The molecule has 0 fully saturated rings. The van der Waals surface area contributed by atoms with Crippen LogP contribution in [0.25, 0.3) is 0 Å². The number of hydrogen-bond acceptors (Lipinski definition) is 5. The van der Waals surface area contributed by atoms with Crippen molar-refractivity contribution in [2.75, 3.05) is 13.1 Å². The lowest BCUT2D eigenvalue weighted by molar-refractivity contribution is -0.535. The van der Waals surface area contributed by atoms with Gasteiger partial charge in [0.1, 0.15) is 5.15 Å². The third kappa shape index (κ3) is 5.01. The molecule has 2 rings (SSSR count). The Bertz CT molecular complexity index is 441. The van der Waals surface area contributed by atoms with Crippen LogP contribution in [0.2, 0.25) is 5.15 Å². The first-order chi connectivity index (χ1) is 8.49. The molecule has 0 radical (unpaired) electrons. The molecule has 1 aromatic rings. The van der Waals surface area contributed by atoms with Crippen molar-refractivity contribution in [2.24, 2.45) is 5.73 Å². The molecular weight excluding hydrogens is 256 g/mol. The number of hydrogen-bond donors (Lipinski definition) is 2. The molecule has 0 aliphatic carbocycles. The van der Waals surface area contributed by atoms with Crippen molar-refractivity contribution in [3.63, 3.8) is 0 Å². The highest BCUT2D eigenvalue weighted by atomic mass is 35.5. The largest absolute Gasteiger partial charge is 0.550 e. The van der Waals surface area contributed by atoms with Gasteiger partial charge in [-0.25, -0.2) is 4.98 Å². The monoisotopic (exact) mass is 270 g/mol. The van der Waals surface area contributed by atoms with Crippen LogP contribution in [0, 0.1) is 0 Å². The maximum atomic E-state index is 8.89. The normalized spacial score (nSPS) is 13.7. The fourth-order valence-corrected chi connectivity index (χ4v) is 1.55. The molecule has 98 valence electrons. The first kappa shape index (κ1) is 14.2. The van der Waals surface area contributed by atoms with Gasteiger partial charge in [-0.2, -0.15) is 0 Å². The average molecular weight is 271 g/mol. The molecule has 0 amide bonds. The number of carboxylic acid groups (broad SMARTS) is 1. The number of carboxylic acids is 1. The van der Waals surface area contributed by atoms with Crippen LogP contribution in [0.4, 0.5) is 0 Å². The maximum absolute atomic E-state index is 8.89. The molecule has 2 heterocycles. The van der Waals surface area contributed by atoms with Gasteiger partial charge in [0.2, 0.25) is 0 Å². The number of halogens is 1. The number of guanidine groups is 1. The molecular formula is C11H15ClN4O2. The molecule has 18 heavy (non-hydrogen) atoms. The number of nitrogens with two attached hydrogens (primary N) is 1. The van der Waals surface area contributed by atoms with Gasteiger partial charge in [0.15, 0.2) is 0 Å². The minimum Gasteiger partial charge on any atom is -0.550 e. The maximum Gasteiger partial charge on any atom is 0.343 e. The minimum atomic E-state index is -1.08. The third-order valence-corrected chi connectivity index (χ3v) is 2.41. The summed E-state index contributed by atoms with van der Waals surface area (Å²) >= 11 is 5.69. The predicted molar refractivity (Wildman–Crippen MR) is 66.0 cm³/mol. The van der Waals surface area contributed by atoms with Crippen LogP contribution in [-0.4, -0.2) is 34.6 Å². The van der Waals surface area contributed by atoms with Crippen LogP contribution in [-0.2, 0) is 11.3 Å². The zero-order valence-corrected chi connectivity index (χ0v) is 10.8. The standard InChI is InChI=1S/C9H11ClN4.C2H4O2/c10-8-2-1-7(5-13-8)6-14-4-3-12-9(14)11;1-2(3)4/h1-2,5H,3-4,6H2,(H2,11,12);1H3,(H,3,4). The number of rotatable bonds is 2. The van der Waals surface area contributed by atoms with Gasteiger partial charge in [0.25, 0.3) is 0 Å². The molecule has 1 aromatic heterocycles. The quantitative estimate of drug-likeness (QED) is 0.527. The molecule has 1 aliphatic heterocycles. The summed E-state index contributed by atoms with van der Waals surface area (Å²) in [6.45, 7) is 3.60. The van der Waals surface area contributed by atoms with E-state index < -0.39 is 5.97 Å². The van der Waals surface area contributed by atoms with E-state index in [9.17, 15) is 0 Å². The molecule has 0 aromatic carbocycles. The van der Waals surface area contributed by atoms with Crippen molar-refractivity contribution in [2.45, 2.75) is 13.5 Å². The van der Waals surface area contributed by atoms with E-state index in [1.807, 2.05) is 6.07 Å². The topological polar surface area (TPSA) is 94.1 Å². The van der Waals surface area contributed by atoms with Gasteiger partial charge < -0.3 is 9.90 Å². The van der Waals surface area contributed by atoms with Crippen LogP contribution in [0.5, 0.6) is 0 Å². The molecule has 1 aliphatic rings. The van der Waals surface area contributed by atoms with E-state index in [0.717, 1.165) is 38.1 Å². The van der Waals surface area contributed by atoms with Crippen molar-refractivity contribution >= 4 is 23.5 Å².